The van der Waals surface area contributed by atoms with Crippen LogP contribution in [-0.2, 0) is 22.4 Å². The van der Waals surface area contributed by atoms with Crippen LogP contribution in [0.15, 0.2) is 64.6 Å². The zero-order valence-corrected chi connectivity index (χ0v) is 19.0. The van der Waals surface area contributed by atoms with Gasteiger partial charge in [-0.1, -0.05) is 42.5 Å². The van der Waals surface area contributed by atoms with Gasteiger partial charge < -0.3 is 38.7 Å². The molecule has 0 aliphatic heterocycles. The van der Waals surface area contributed by atoms with E-state index < -0.39 is 23.9 Å². The fraction of sp³-hybridized carbons (Fsp3) is 0.304. The van der Waals surface area contributed by atoms with Gasteiger partial charge in [0.25, 0.3) is 0 Å². The highest BCUT2D eigenvalue weighted by molar-refractivity contribution is 5.91. The third-order valence-corrected chi connectivity index (χ3v) is 4.88. The number of aliphatic imine (C=N–C) groups is 2. The smallest absolute Gasteiger partial charge is 0.245 e. The molecule has 0 bridgehead atoms. The van der Waals surface area contributed by atoms with E-state index in [1.807, 2.05) is 30.3 Å². The molecule has 0 saturated carbocycles. The number of phenols is 1. The largest absolute Gasteiger partial charge is 0.508 e. The van der Waals surface area contributed by atoms with Crippen molar-refractivity contribution in [2.75, 3.05) is 6.54 Å². The van der Waals surface area contributed by atoms with Gasteiger partial charge in [-0.15, -0.1) is 0 Å². The lowest BCUT2D eigenvalue weighted by molar-refractivity contribution is -0.129. The number of guanidine groups is 2. The first-order chi connectivity index (χ1) is 16.1. The Morgan fingerprint density at radius 1 is 0.853 bits per heavy atom. The van der Waals surface area contributed by atoms with Crippen LogP contribution in [0.25, 0.3) is 0 Å². The SMILES string of the molecule is C[C@@H](NC(=O)[C@H](Cc1ccc(O)cc1)N=C(N)N)C(=O)NCC(Cc1ccccc1)N=C(N)N. The second-order valence-corrected chi connectivity index (χ2v) is 7.81. The number of nitrogens with two attached hydrogens (primary N) is 4. The summed E-state index contributed by atoms with van der Waals surface area (Å²) in [5, 5.41) is 14.8. The molecule has 2 aromatic rings. The molecule has 3 atom stereocenters. The number of nitrogens with zero attached hydrogens (tertiary/aromatic N) is 2. The quantitative estimate of drug-likeness (QED) is 0.163. The Morgan fingerprint density at radius 3 is 2.03 bits per heavy atom. The number of aromatic hydroxyl groups is 1. The fourth-order valence-corrected chi connectivity index (χ4v) is 3.24. The Labute approximate surface area is 198 Å². The Kier molecular flexibility index (Phi) is 9.69. The average Bonchev–Trinajstić information content (AvgIpc) is 2.78. The molecule has 0 spiro atoms. The highest BCUT2D eigenvalue weighted by Crippen LogP contribution is 2.13. The number of rotatable bonds is 11. The van der Waals surface area contributed by atoms with Gasteiger partial charge in [-0.05, 0) is 36.6 Å². The Balaban J connectivity index is 1.98. The lowest BCUT2D eigenvalue weighted by atomic mass is 10.0. The van der Waals surface area contributed by atoms with Crippen LogP contribution in [0.5, 0.6) is 5.75 Å². The Hall–Kier alpha value is -4.28. The maximum Gasteiger partial charge on any atom is 0.245 e. The summed E-state index contributed by atoms with van der Waals surface area (Å²) in [7, 11) is 0. The fourth-order valence-electron chi connectivity index (χ4n) is 3.24. The van der Waals surface area contributed by atoms with Crippen molar-refractivity contribution < 1.29 is 14.7 Å². The zero-order valence-electron chi connectivity index (χ0n) is 19.0. The molecular weight excluding hydrogens is 436 g/mol. The van der Waals surface area contributed by atoms with Crippen LogP contribution in [0.2, 0.25) is 0 Å². The van der Waals surface area contributed by atoms with E-state index in [0.29, 0.717) is 6.42 Å². The summed E-state index contributed by atoms with van der Waals surface area (Å²) in [4.78, 5) is 33.6. The highest BCUT2D eigenvalue weighted by Gasteiger charge is 2.23. The summed E-state index contributed by atoms with van der Waals surface area (Å²) in [6.07, 6.45) is 0.709. The molecule has 2 amide bonds. The molecule has 0 aromatic heterocycles. The number of amides is 2. The second kappa shape index (κ2) is 12.7. The zero-order chi connectivity index (χ0) is 25.1. The summed E-state index contributed by atoms with van der Waals surface area (Å²) in [5.41, 5.74) is 23.8. The van der Waals surface area contributed by atoms with E-state index in [2.05, 4.69) is 20.6 Å². The molecule has 11 heteroatoms. The molecule has 11 N–H and O–H groups in total. The molecule has 2 rings (SSSR count). The molecule has 11 nitrogen and oxygen atoms in total. The third kappa shape index (κ3) is 9.07. The summed E-state index contributed by atoms with van der Waals surface area (Å²) in [6, 6.07) is 13.7. The van der Waals surface area contributed by atoms with E-state index in [-0.39, 0.29) is 36.7 Å². The number of hydrogen-bond acceptors (Lipinski definition) is 5. The van der Waals surface area contributed by atoms with Gasteiger partial charge in [-0.25, -0.2) is 9.98 Å². The highest BCUT2D eigenvalue weighted by atomic mass is 16.3. The van der Waals surface area contributed by atoms with Crippen LogP contribution >= 0.6 is 0 Å². The van der Waals surface area contributed by atoms with Crippen LogP contribution < -0.4 is 33.6 Å². The first kappa shape index (κ1) is 26.0. The molecule has 1 unspecified atom stereocenters. The number of carbonyl (C=O) groups is 2. The lowest BCUT2D eigenvalue weighted by Crippen LogP contribution is -2.50. The number of carbonyl (C=O) groups excluding carboxylic acids is 2. The van der Waals surface area contributed by atoms with Crippen LogP contribution in [0.1, 0.15) is 18.1 Å². The molecule has 0 aliphatic carbocycles. The van der Waals surface area contributed by atoms with Crippen molar-refractivity contribution in [1.82, 2.24) is 10.6 Å². The van der Waals surface area contributed by atoms with Crippen molar-refractivity contribution in [1.29, 1.82) is 0 Å². The monoisotopic (exact) mass is 468 g/mol. The van der Waals surface area contributed by atoms with Gasteiger partial charge in [-0.3, -0.25) is 9.59 Å². The van der Waals surface area contributed by atoms with E-state index in [4.69, 9.17) is 22.9 Å². The first-order valence-corrected chi connectivity index (χ1v) is 10.7. The summed E-state index contributed by atoms with van der Waals surface area (Å²) >= 11 is 0. The number of hydrogen-bond donors (Lipinski definition) is 7. The normalized spacial score (nSPS) is 13.1. The summed E-state index contributed by atoms with van der Waals surface area (Å²) in [5.74, 6) is -1.16. The standard InChI is InChI=1S/C23H32N8O3/c1-14(20(33)28-13-17(30-22(24)25)11-15-5-3-2-4-6-15)29-21(34)19(31-23(26)27)12-16-7-9-18(32)10-8-16/h2-10,14,17,19,32H,11-13H2,1H3,(H,28,33)(H,29,34)(H4,24,25,30)(H4,26,27,31)/t14-,17?,19+/m1/s1. The van der Waals surface area contributed by atoms with Gasteiger partial charge in [0.2, 0.25) is 11.8 Å². The van der Waals surface area contributed by atoms with Crippen LogP contribution in [0.3, 0.4) is 0 Å². The molecular formula is C23H32N8O3. The van der Waals surface area contributed by atoms with E-state index >= 15 is 0 Å². The minimum atomic E-state index is -0.947. The van der Waals surface area contributed by atoms with E-state index in [1.54, 1.807) is 19.1 Å². The topological polar surface area (TPSA) is 207 Å². The van der Waals surface area contributed by atoms with Crippen molar-refractivity contribution in [2.24, 2.45) is 32.9 Å². The van der Waals surface area contributed by atoms with Crippen molar-refractivity contribution >= 4 is 23.7 Å². The van der Waals surface area contributed by atoms with Gasteiger partial charge in [0.05, 0.1) is 6.04 Å². The Bertz CT molecular complexity index is 1000. The van der Waals surface area contributed by atoms with Crippen LogP contribution in [0, 0.1) is 0 Å². The van der Waals surface area contributed by atoms with Gasteiger partial charge in [-0.2, -0.15) is 0 Å². The van der Waals surface area contributed by atoms with Crippen LogP contribution in [-0.4, -0.2) is 53.5 Å². The number of nitrogens with one attached hydrogen (secondary N) is 2. The van der Waals surface area contributed by atoms with Crippen molar-refractivity contribution in [2.45, 2.75) is 37.9 Å². The molecule has 182 valence electrons. The molecule has 34 heavy (non-hydrogen) atoms. The van der Waals surface area contributed by atoms with Crippen molar-refractivity contribution in [3.8, 4) is 5.75 Å². The van der Waals surface area contributed by atoms with Crippen molar-refractivity contribution in [3.63, 3.8) is 0 Å². The van der Waals surface area contributed by atoms with Gasteiger partial charge >= 0.3 is 0 Å². The molecule has 0 fully saturated rings. The summed E-state index contributed by atoms with van der Waals surface area (Å²) < 4.78 is 0. The molecule has 0 heterocycles. The maximum absolute atomic E-state index is 12.8. The minimum Gasteiger partial charge on any atom is -0.508 e. The molecule has 0 saturated heterocycles. The summed E-state index contributed by atoms with van der Waals surface area (Å²) in [6.45, 7) is 1.73. The molecule has 2 aromatic carbocycles. The number of phenolic OH excluding ortho intramolecular Hbond substituents is 1. The van der Waals surface area contributed by atoms with Gasteiger partial charge in [0, 0.05) is 13.0 Å². The average molecular weight is 469 g/mol. The molecule has 0 aliphatic rings. The number of benzene rings is 2. The van der Waals surface area contributed by atoms with Crippen molar-refractivity contribution in [3.05, 3.63) is 65.7 Å². The van der Waals surface area contributed by atoms with E-state index in [0.717, 1.165) is 11.1 Å². The predicted octanol–water partition coefficient (Wildman–Crippen LogP) is -0.918. The third-order valence-electron chi connectivity index (χ3n) is 4.88. The first-order valence-electron chi connectivity index (χ1n) is 10.7. The maximum atomic E-state index is 12.8. The second-order valence-electron chi connectivity index (χ2n) is 7.81. The van der Waals surface area contributed by atoms with Crippen LogP contribution in [0.4, 0.5) is 0 Å². The lowest BCUT2D eigenvalue weighted by Gasteiger charge is -2.19. The van der Waals surface area contributed by atoms with E-state index in [1.165, 1.54) is 12.1 Å². The Morgan fingerprint density at radius 2 is 1.44 bits per heavy atom. The predicted molar refractivity (Wildman–Crippen MR) is 132 cm³/mol. The minimum absolute atomic E-state index is 0.0779. The van der Waals surface area contributed by atoms with E-state index in [9.17, 15) is 14.7 Å². The van der Waals surface area contributed by atoms with Gasteiger partial charge in [0.1, 0.15) is 17.8 Å². The molecule has 0 radical (unpaired) electrons. The van der Waals surface area contributed by atoms with Gasteiger partial charge in [0.15, 0.2) is 11.9 Å².